The molecule has 4 atom stereocenters. The van der Waals surface area contributed by atoms with Gasteiger partial charge < -0.3 is 9.63 Å². The molecule has 0 radical (unpaired) electrons. The maximum Gasteiger partial charge on any atom is 0.227 e. The highest BCUT2D eigenvalue weighted by Gasteiger charge is 2.40. The Hall–Kier alpha value is -0.900. The topological polar surface area (TPSA) is 59.2 Å². The number of nitrogens with zero attached hydrogens (tertiary/aromatic N) is 2. The lowest BCUT2D eigenvalue weighted by molar-refractivity contribution is 0.159. The SMILES string of the molecule is CCC(O)c1noc(CC2CC3CCC2C3)n1. The first-order chi connectivity index (χ1) is 8.26. The number of aliphatic hydroxyl groups excluding tert-OH is 1. The number of hydrogen-bond acceptors (Lipinski definition) is 4. The predicted octanol–water partition coefficient (Wildman–Crippen LogP) is 2.49. The number of hydrogen-bond donors (Lipinski definition) is 1. The van der Waals surface area contributed by atoms with E-state index >= 15 is 0 Å². The van der Waals surface area contributed by atoms with E-state index in [0.717, 1.165) is 24.2 Å². The maximum atomic E-state index is 9.62. The van der Waals surface area contributed by atoms with Crippen molar-refractivity contribution < 1.29 is 9.63 Å². The zero-order valence-electron chi connectivity index (χ0n) is 10.3. The lowest BCUT2D eigenvalue weighted by Crippen LogP contribution is -2.13. The zero-order chi connectivity index (χ0) is 11.8. The van der Waals surface area contributed by atoms with Crippen molar-refractivity contribution in [2.75, 3.05) is 0 Å². The number of rotatable bonds is 4. The molecule has 4 unspecified atom stereocenters. The van der Waals surface area contributed by atoms with Gasteiger partial charge in [0.15, 0.2) is 5.82 Å². The minimum atomic E-state index is -0.576. The second-order valence-corrected chi connectivity index (χ2v) is 5.61. The molecular weight excluding hydrogens is 216 g/mol. The van der Waals surface area contributed by atoms with Crippen LogP contribution in [0.25, 0.3) is 0 Å². The monoisotopic (exact) mass is 236 g/mol. The molecule has 17 heavy (non-hydrogen) atoms. The van der Waals surface area contributed by atoms with Crippen LogP contribution >= 0.6 is 0 Å². The van der Waals surface area contributed by atoms with E-state index in [1.165, 1.54) is 25.7 Å². The molecule has 0 amide bonds. The fraction of sp³-hybridized carbons (Fsp3) is 0.846. The Labute approximate surface area is 101 Å². The van der Waals surface area contributed by atoms with E-state index in [9.17, 15) is 5.11 Å². The molecule has 2 aliphatic rings. The smallest absolute Gasteiger partial charge is 0.227 e. The summed E-state index contributed by atoms with van der Waals surface area (Å²) in [7, 11) is 0. The standard InChI is InChI=1S/C13H20N2O2/c1-2-11(16)13-14-12(17-15-13)7-10-6-8-3-4-9(10)5-8/h8-11,16H,2-7H2,1H3. The van der Waals surface area contributed by atoms with Gasteiger partial charge in [-0.3, -0.25) is 0 Å². The van der Waals surface area contributed by atoms with E-state index < -0.39 is 6.10 Å². The van der Waals surface area contributed by atoms with Crippen LogP contribution in [0, 0.1) is 17.8 Å². The summed E-state index contributed by atoms with van der Waals surface area (Å²) in [6.07, 6.45) is 6.51. The molecule has 2 bridgehead atoms. The second kappa shape index (κ2) is 4.41. The van der Waals surface area contributed by atoms with Crippen LogP contribution in [0.15, 0.2) is 4.52 Å². The summed E-state index contributed by atoms with van der Waals surface area (Å²) in [5, 5.41) is 13.5. The number of aromatic nitrogens is 2. The second-order valence-electron chi connectivity index (χ2n) is 5.61. The van der Waals surface area contributed by atoms with E-state index in [-0.39, 0.29) is 0 Å². The van der Waals surface area contributed by atoms with Gasteiger partial charge in [-0.2, -0.15) is 4.98 Å². The van der Waals surface area contributed by atoms with E-state index in [1.54, 1.807) is 0 Å². The minimum absolute atomic E-state index is 0.450. The third-order valence-corrected chi connectivity index (χ3v) is 4.49. The molecule has 94 valence electrons. The normalized spacial score (nSPS) is 33.2. The van der Waals surface area contributed by atoms with Crippen molar-refractivity contribution in [1.82, 2.24) is 10.1 Å². The largest absolute Gasteiger partial charge is 0.385 e. The van der Waals surface area contributed by atoms with Crippen molar-refractivity contribution in [1.29, 1.82) is 0 Å². The summed E-state index contributed by atoms with van der Waals surface area (Å²) in [5.41, 5.74) is 0. The molecule has 0 aliphatic heterocycles. The van der Waals surface area contributed by atoms with Gasteiger partial charge in [-0.25, -0.2) is 0 Å². The first kappa shape index (κ1) is 11.2. The molecule has 0 saturated heterocycles. The Balaban J connectivity index is 1.63. The van der Waals surface area contributed by atoms with Gasteiger partial charge in [0.2, 0.25) is 5.89 Å². The van der Waals surface area contributed by atoms with Crippen LogP contribution in [0.2, 0.25) is 0 Å². The van der Waals surface area contributed by atoms with Gasteiger partial charge >= 0.3 is 0 Å². The van der Waals surface area contributed by atoms with Crippen LogP contribution in [0.3, 0.4) is 0 Å². The van der Waals surface area contributed by atoms with Gasteiger partial charge in [0, 0.05) is 6.42 Å². The van der Waals surface area contributed by atoms with Crippen molar-refractivity contribution in [2.45, 2.75) is 51.6 Å². The molecule has 1 aromatic rings. The molecular formula is C13H20N2O2. The fourth-order valence-corrected chi connectivity index (χ4v) is 3.52. The van der Waals surface area contributed by atoms with Gasteiger partial charge in [-0.05, 0) is 43.4 Å². The zero-order valence-corrected chi connectivity index (χ0v) is 10.3. The Morgan fingerprint density at radius 3 is 2.94 bits per heavy atom. The van der Waals surface area contributed by atoms with Gasteiger partial charge in [0.05, 0.1) is 0 Å². The minimum Gasteiger partial charge on any atom is -0.385 e. The van der Waals surface area contributed by atoms with Crippen LogP contribution in [0.1, 0.15) is 56.8 Å². The van der Waals surface area contributed by atoms with E-state index in [2.05, 4.69) is 10.1 Å². The van der Waals surface area contributed by atoms with Crippen LogP contribution in [0.4, 0.5) is 0 Å². The number of fused-ring (bicyclic) bond motifs is 2. The number of aliphatic hydroxyl groups is 1. The average molecular weight is 236 g/mol. The molecule has 1 aromatic heterocycles. The van der Waals surface area contributed by atoms with Crippen LogP contribution in [0.5, 0.6) is 0 Å². The summed E-state index contributed by atoms with van der Waals surface area (Å²) < 4.78 is 5.24. The van der Waals surface area contributed by atoms with Crippen LogP contribution < -0.4 is 0 Å². The summed E-state index contributed by atoms with van der Waals surface area (Å²) in [6, 6.07) is 0. The lowest BCUT2D eigenvalue weighted by atomic mass is 9.86. The molecule has 1 N–H and O–H groups in total. The Morgan fingerprint density at radius 1 is 1.41 bits per heavy atom. The van der Waals surface area contributed by atoms with Crippen LogP contribution in [-0.2, 0) is 6.42 Å². The third-order valence-electron chi connectivity index (χ3n) is 4.49. The Kier molecular flexibility index (Phi) is 2.90. The van der Waals surface area contributed by atoms with Crippen molar-refractivity contribution in [2.24, 2.45) is 17.8 Å². The van der Waals surface area contributed by atoms with E-state index in [4.69, 9.17) is 4.52 Å². The summed E-state index contributed by atoms with van der Waals surface area (Å²) in [4.78, 5) is 4.30. The predicted molar refractivity (Wildman–Crippen MR) is 62.2 cm³/mol. The summed E-state index contributed by atoms with van der Waals surface area (Å²) >= 11 is 0. The fourth-order valence-electron chi connectivity index (χ4n) is 3.52. The highest BCUT2D eigenvalue weighted by Crippen LogP contribution is 2.49. The molecule has 1 heterocycles. The molecule has 2 fully saturated rings. The molecule has 2 saturated carbocycles. The summed E-state index contributed by atoms with van der Waals surface area (Å²) in [5.74, 6) is 3.73. The van der Waals surface area contributed by atoms with Crippen molar-refractivity contribution >= 4 is 0 Å². The van der Waals surface area contributed by atoms with Crippen LogP contribution in [-0.4, -0.2) is 15.2 Å². The molecule has 0 spiro atoms. The van der Waals surface area contributed by atoms with Gasteiger partial charge in [0.25, 0.3) is 0 Å². The maximum absolute atomic E-state index is 9.62. The Morgan fingerprint density at radius 2 is 2.29 bits per heavy atom. The lowest BCUT2D eigenvalue weighted by Gasteiger charge is -2.19. The molecule has 4 heteroatoms. The molecule has 3 rings (SSSR count). The molecule has 0 aromatic carbocycles. The van der Waals surface area contributed by atoms with Crippen molar-refractivity contribution in [3.63, 3.8) is 0 Å². The van der Waals surface area contributed by atoms with Gasteiger partial charge in [-0.1, -0.05) is 18.5 Å². The third kappa shape index (κ3) is 2.10. The highest BCUT2D eigenvalue weighted by molar-refractivity contribution is 4.96. The average Bonchev–Trinajstić information content (AvgIpc) is 3.03. The first-order valence-electron chi connectivity index (χ1n) is 6.76. The highest BCUT2D eigenvalue weighted by atomic mass is 16.5. The summed E-state index contributed by atoms with van der Waals surface area (Å²) in [6.45, 7) is 1.91. The van der Waals surface area contributed by atoms with E-state index in [0.29, 0.717) is 18.1 Å². The van der Waals surface area contributed by atoms with Gasteiger partial charge in [-0.15, -0.1) is 0 Å². The first-order valence-corrected chi connectivity index (χ1v) is 6.76. The quantitative estimate of drug-likeness (QED) is 0.872. The van der Waals surface area contributed by atoms with Crippen molar-refractivity contribution in [3.8, 4) is 0 Å². The Bertz CT molecular complexity index is 391. The molecule has 2 aliphatic carbocycles. The van der Waals surface area contributed by atoms with Gasteiger partial charge in [0.1, 0.15) is 6.10 Å². The van der Waals surface area contributed by atoms with E-state index in [1.807, 2.05) is 6.92 Å². The molecule has 4 nitrogen and oxygen atoms in total. The van der Waals surface area contributed by atoms with Crippen molar-refractivity contribution in [3.05, 3.63) is 11.7 Å².